The predicted octanol–water partition coefficient (Wildman–Crippen LogP) is 0.00730. The SMILES string of the molecule is CCNc1cnn(CCN2CCOCC2)c(=O)c1. The lowest BCUT2D eigenvalue weighted by atomic mass is 10.4. The van der Waals surface area contributed by atoms with E-state index in [9.17, 15) is 4.79 Å². The van der Waals surface area contributed by atoms with Gasteiger partial charge >= 0.3 is 0 Å². The normalized spacial score (nSPS) is 16.7. The van der Waals surface area contributed by atoms with Gasteiger partial charge in [0.1, 0.15) is 0 Å². The fourth-order valence-corrected chi connectivity index (χ4v) is 1.96. The van der Waals surface area contributed by atoms with E-state index in [4.69, 9.17) is 4.74 Å². The number of hydrogen-bond acceptors (Lipinski definition) is 5. The summed E-state index contributed by atoms with van der Waals surface area (Å²) in [5.41, 5.74) is 0.729. The number of ether oxygens (including phenoxy) is 1. The van der Waals surface area contributed by atoms with E-state index in [1.54, 1.807) is 12.3 Å². The Morgan fingerprint density at radius 3 is 2.83 bits per heavy atom. The van der Waals surface area contributed by atoms with Crippen LogP contribution in [0.15, 0.2) is 17.1 Å². The second kappa shape index (κ2) is 6.51. The fourth-order valence-electron chi connectivity index (χ4n) is 1.96. The number of aromatic nitrogens is 2. The van der Waals surface area contributed by atoms with Crippen molar-refractivity contribution in [3.8, 4) is 0 Å². The third-order valence-electron chi connectivity index (χ3n) is 2.98. The average Bonchev–Trinajstić information content (AvgIpc) is 2.39. The van der Waals surface area contributed by atoms with E-state index in [2.05, 4.69) is 15.3 Å². The molecule has 1 aliphatic heterocycles. The lowest BCUT2D eigenvalue weighted by Crippen LogP contribution is -2.39. The minimum atomic E-state index is -0.0540. The Hall–Kier alpha value is -1.40. The van der Waals surface area contributed by atoms with Crippen molar-refractivity contribution in [3.05, 3.63) is 22.6 Å². The number of hydrogen-bond donors (Lipinski definition) is 1. The van der Waals surface area contributed by atoms with Gasteiger partial charge < -0.3 is 10.1 Å². The van der Waals surface area contributed by atoms with Gasteiger partial charge in [-0.3, -0.25) is 9.69 Å². The average molecular weight is 252 g/mol. The largest absolute Gasteiger partial charge is 0.384 e. The van der Waals surface area contributed by atoms with Gasteiger partial charge in [0, 0.05) is 32.2 Å². The molecule has 0 aliphatic carbocycles. The highest BCUT2D eigenvalue weighted by Gasteiger charge is 2.10. The maximum absolute atomic E-state index is 11.8. The van der Waals surface area contributed by atoms with Crippen LogP contribution in [0, 0.1) is 0 Å². The second-order valence-electron chi connectivity index (χ2n) is 4.29. The van der Waals surface area contributed by atoms with E-state index in [0.29, 0.717) is 6.54 Å². The van der Waals surface area contributed by atoms with Crippen LogP contribution in [0.25, 0.3) is 0 Å². The molecule has 1 saturated heterocycles. The molecule has 1 aromatic heterocycles. The van der Waals surface area contributed by atoms with Crippen molar-refractivity contribution >= 4 is 5.69 Å². The van der Waals surface area contributed by atoms with Crippen LogP contribution < -0.4 is 10.9 Å². The molecule has 100 valence electrons. The van der Waals surface area contributed by atoms with Crippen LogP contribution in [0.1, 0.15) is 6.92 Å². The molecule has 0 aromatic carbocycles. The van der Waals surface area contributed by atoms with Gasteiger partial charge in [-0.25, -0.2) is 4.68 Å². The van der Waals surface area contributed by atoms with Crippen molar-refractivity contribution in [2.45, 2.75) is 13.5 Å². The van der Waals surface area contributed by atoms with Gasteiger partial charge in [0.05, 0.1) is 31.6 Å². The maximum Gasteiger partial charge on any atom is 0.268 e. The first-order valence-corrected chi connectivity index (χ1v) is 6.40. The van der Waals surface area contributed by atoms with Crippen LogP contribution in [0.5, 0.6) is 0 Å². The Labute approximate surface area is 107 Å². The van der Waals surface area contributed by atoms with Crippen LogP contribution in [0.2, 0.25) is 0 Å². The number of morpholine rings is 1. The Balaban J connectivity index is 1.90. The molecule has 18 heavy (non-hydrogen) atoms. The summed E-state index contributed by atoms with van der Waals surface area (Å²) in [5, 5.41) is 7.24. The molecule has 6 nitrogen and oxygen atoms in total. The topological polar surface area (TPSA) is 59.4 Å². The molecule has 1 aromatic rings. The monoisotopic (exact) mass is 252 g/mol. The molecule has 0 radical (unpaired) electrons. The Morgan fingerprint density at radius 1 is 1.39 bits per heavy atom. The smallest absolute Gasteiger partial charge is 0.268 e. The van der Waals surface area contributed by atoms with Gasteiger partial charge in [-0.15, -0.1) is 0 Å². The van der Waals surface area contributed by atoms with Gasteiger partial charge in [-0.05, 0) is 6.92 Å². The third-order valence-corrected chi connectivity index (χ3v) is 2.98. The molecule has 6 heteroatoms. The molecule has 0 amide bonds. The van der Waals surface area contributed by atoms with E-state index < -0.39 is 0 Å². The summed E-state index contributed by atoms with van der Waals surface area (Å²) in [6, 6.07) is 1.59. The number of anilines is 1. The number of nitrogens with zero attached hydrogens (tertiary/aromatic N) is 3. The fraction of sp³-hybridized carbons (Fsp3) is 0.667. The maximum atomic E-state index is 11.8. The molecule has 0 saturated carbocycles. The van der Waals surface area contributed by atoms with Crippen molar-refractivity contribution in [1.82, 2.24) is 14.7 Å². The summed E-state index contributed by atoms with van der Waals surface area (Å²) >= 11 is 0. The highest BCUT2D eigenvalue weighted by atomic mass is 16.5. The number of rotatable bonds is 5. The highest BCUT2D eigenvalue weighted by Crippen LogP contribution is 1.99. The van der Waals surface area contributed by atoms with Crippen molar-refractivity contribution in [2.75, 3.05) is 44.7 Å². The Bertz CT molecular complexity index is 426. The molecule has 1 N–H and O–H groups in total. The minimum absolute atomic E-state index is 0.0540. The van der Waals surface area contributed by atoms with E-state index in [-0.39, 0.29) is 5.56 Å². The van der Waals surface area contributed by atoms with Gasteiger partial charge in [0.15, 0.2) is 0 Å². The van der Waals surface area contributed by atoms with Gasteiger partial charge in [-0.1, -0.05) is 0 Å². The molecule has 1 aliphatic rings. The number of nitrogens with one attached hydrogen (secondary N) is 1. The molecular formula is C12H20N4O2. The summed E-state index contributed by atoms with van der Waals surface area (Å²) in [4.78, 5) is 14.1. The lowest BCUT2D eigenvalue weighted by molar-refractivity contribution is 0.0358. The zero-order valence-electron chi connectivity index (χ0n) is 10.8. The van der Waals surface area contributed by atoms with Crippen LogP contribution >= 0.6 is 0 Å². The summed E-state index contributed by atoms with van der Waals surface area (Å²) in [6.07, 6.45) is 1.70. The zero-order valence-corrected chi connectivity index (χ0v) is 10.8. The zero-order chi connectivity index (χ0) is 12.8. The Morgan fingerprint density at radius 2 is 2.17 bits per heavy atom. The molecule has 1 fully saturated rings. The van der Waals surface area contributed by atoms with Gasteiger partial charge in [-0.2, -0.15) is 5.10 Å². The third kappa shape index (κ3) is 3.54. The lowest BCUT2D eigenvalue weighted by Gasteiger charge is -2.26. The van der Waals surface area contributed by atoms with Crippen LogP contribution in [0.3, 0.4) is 0 Å². The van der Waals surface area contributed by atoms with E-state index in [1.165, 1.54) is 4.68 Å². The standard InChI is InChI=1S/C12H20N4O2/c1-2-13-11-9-12(17)16(14-10-11)4-3-15-5-7-18-8-6-15/h9-10,13H,2-8H2,1H3. The van der Waals surface area contributed by atoms with Gasteiger partial charge in [0.25, 0.3) is 5.56 Å². The summed E-state index contributed by atoms with van der Waals surface area (Å²) in [7, 11) is 0. The van der Waals surface area contributed by atoms with Crippen molar-refractivity contribution < 1.29 is 4.74 Å². The van der Waals surface area contributed by atoms with E-state index in [0.717, 1.165) is 45.1 Å². The predicted molar refractivity (Wildman–Crippen MR) is 69.9 cm³/mol. The first-order chi connectivity index (χ1) is 8.79. The van der Waals surface area contributed by atoms with Crippen molar-refractivity contribution in [3.63, 3.8) is 0 Å². The van der Waals surface area contributed by atoms with Crippen molar-refractivity contribution in [2.24, 2.45) is 0 Å². The van der Waals surface area contributed by atoms with Crippen molar-refractivity contribution in [1.29, 1.82) is 0 Å². The summed E-state index contributed by atoms with van der Waals surface area (Å²) in [5.74, 6) is 0. The molecule has 2 heterocycles. The minimum Gasteiger partial charge on any atom is -0.384 e. The molecular weight excluding hydrogens is 232 g/mol. The van der Waals surface area contributed by atoms with Crippen LogP contribution in [-0.4, -0.2) is 54.1 Å². The summed E-state index contributed by atoms with van der Waals surface area (Å²) in [6.45, 7) is 7.68. The molecule has 0 bridgehead atoms. The van der Waals surface area contributed by atoms with E-state index >= 15 is 0 Å². The summed E-state index contributed by atoms with van der Waals surface area (Å²) < 4.78 is 6.79. The van der Waals surface area contributed by atoms with Crippen LogP contribution in [0.4, 0.5) is 5.69 Å². The van der Waals surface area contributed by atoms with Crippen LogP contribution in [-0.2, 0) is 11.3 Å². The molecule has 0 unspecified atom stereocenters. The first-order valence-electron chi connectivity index (χ1n) is 6.40. The van der Waals surface area contributed by atoms with Gasteiger partial charge in [0.2, 0.25) is 0 Å². The van der Waals surface area contributed by atoms with E-state index in [1.807, 2.05) is 6.92 Å². The second-order valence-corrected chi connectivity index (χ2v) is 4.29. The first kappa shape index (κ1) is 13.0. The quantitative estimate of drug-likeness (QED) is 0.800. The Kier molecular flexibility index (Phi) is 4.72. The molecule has 0 spiro atoms. The molecule has 2 rings (SSSR count). The molecule has 0 atom stereocenters. The highest BCUT2D eigenvalue weighted by molar-refractivity contribution is 5.38.